The van der Waals surface area contributed by atoms with Gasteiger partial charge < -0.3 is 5.73 Å². The molecule has 3 heteroatoms. The minimum absolute atomic E-state index is 0.204. The Morgan fingerprint density at radius 3 is 2.47 bits per heavy atom. The average molecular weight is 255 g/mol. The van der Waals surface area contributed by atoms with Crippen molar-refractivity contribution in [3.8, 4) is 0 Å². The molecule has 1 aromatic heterocycles. The van der Waals surface area contributed by atoms with Gasteiger partial charge in [0.2, 0.25) is 0 Å². The van der Waals surface area contributed by atoms with E-state index in [2.05, 4.69) is 18.8 Å². The minimum atomic E-state index is 0.204. The van der Waals surface area contributed by atoms with Crippen LogP contribution in [-0.2, 0) is 6.42 Å². The molecule has 0 aliphatic carbocycles. The van der Waals surface area contributed by atoms with E-state index in [0.29, 0.717) is 5.92 Å². The Bertz CT molecular complexity index is 322. The van der Waals surface area contributed by atoms with Gasteiger partial charge in [-0.1, -0.05) is 38.3 Å². The van der Waals surface area contributed by atoms with Crippen molar-refractivity contribution in [3.63, 3.8) is 0 Å². The molecule has 2 nitrogen and oxygen atoms in total. The summed E-state index contributed by atoms with van der Waals surface area (Å²) in [4.78, 5) is 4.00. The third kappa shape index (κ3) is 4.64. The maximum atomic E-state index is 6.31. The number of hydrogen-bond donors (Lipinski definition) is 1. The van der Waals surface area contributed by atoms with Crippen LogP contribution in [0.2, 0.25) is 5.02 Å². The van der Waals surface area contributed by atoms with E-state index in [-0.39, 0.29) is 6.04 Å². The number of nitrogens with two attached hydrogens (primary N) is 1. The summed E-state index contributed by atoms with van der Waals surface area (Å²) >= 11 is 6.11. The highest BCUT2D eigenvalue weighted by atomic mass is 35.5. The van der Waals surface area contributed by atoms with Crippen LogP contribution in [-0.4, -0.2) is 11.0 Å². The molecule has 2 N–H and O–H groups in total. The summed E-state index contributed by atoms with van der Waals surface area (Å²) in [5, 5.41) is 0.731. The van der Waals surface area contributed by atoms with Gasteiger partial charge in [0, 0.05) is 18.4 Å². The van der Waals surface area contributed by atoms with Gasteiger partial charge in [0.15, 0.2) is 0 Å². The highest BCUT2D eigenvalue weighted by molar-refractivity contribution is 6.31. The first-order valence-electron chi connectivity index (χ1n) is 6.53. The number of halogens is 1. The monoisotopic (exact) mass is 254 g/mol. The molecule has 96 valence electrons. The van der Waals surface area contributed by atoms with Gasteiger partial charge in [-0.05, 0) is 36.8 Å². The Labute approximate surface area is 110 Å². The van der Waals surface area contributed by atoms with Crippen LogP contribution >= 0.6 is 11.6 Å². The standard InChI is InChI=1S/C14H23ClN2/c1-3-5-11(6-4-2)14(16)9-12-7-8-17-10-13(12)15/h7-8,10-11,14H,3-6,9,16H2,1-2H3. The summed E-state index contributed by atoms with van der Waals surface area (Å²) in [6, 6.07) is 2.17. The van der Waals surface area contributed by atoms with Crippen LogP contribution in [0.4, 0.5) is 0 Å². The number of rotatable bonds is 7. The first-order chi connectivity index (χ1) is 8.19. The average Bonchev–Trinajstić information content (AvgIpc) is 2.32. The van der Waals surface area contributed by atoms with Gasteiger partial charge in [-0.15, -0.1) is 0 Å². The van der Waals surface area contributed by atoms with Crippen LogP contribution in [0.5, 0.6) is 0 Å². The van der Waals surface area contributed by atoms with Gasteiger partial charge in [-0.25, -0.2) is 0 Å². The van der Waals surface area contributed by atoms with Crippen molar-refractivity contribution in [2.45, 2.75) is 52.0 Å². The molecule has 1 unspecified atom stereocenters. The van der Waals surface area contributed by atoms with Crippen LogP contribution in [0.3, 0.4) is 0 Å². The topological polar surface area (TPSA) is 38.9 Å². The second kappa shape index (κ2) is 7.67. The number of nitrogens with zero attached hydrogens (tertiary/aromatic N) is 1. The third-order valence-corrected chi connectivity index (χ3v) is 3.58. The third-order valence-electron chi connectivity index (χ3n) is 3.24. The molecule has 17 heavy (non-hydrogen) atoms. The normalized spacial score (nSPS) is 13.0. The molecule has 0 spiro atoms. The maximum absolute atomic E-state index is 6.31. The van der Waals surface area contributed by atoms with Crippen molar-refractivity contribution < 1.29 is 0 Å². The number of hydrogen-bond acceptors (Lipinski definition) is 2. The van der Waals surface area contributed by atoms with E-state index in [4.69, 9.17) is 17.3 Å². The number of aromatic nitrogens is 1. The quantitative estimate of drug-likeness (QED) is 0.803. The first kappa shape index (κ1) is 14.5. The van der Waals surface area contributed by atoms with Crippen molar-refractivity contribution in [1.82, 2.24) is 4.98 Å². The summed E-state index contributed by atoms with van der Waals surface area (Å²) in [5.41, 5.74) is 7.43. The SMILES string of the molecule is CCCC(CCC)C(N)Cc1ccncc1Cl. The lowest BCUT2D eigenvalue weighted by molar-refractivity contribution is 0.360. The van der Waals surface area contributed by atoms with Crippen molar-refractivity contribution in [2.24, 2.45) is 11.7 Å². The molecule has 0 aliphatic rings. The zero-order valence-corrected chi connectivity index (χ0v) is 11.6. The molecular weight excluding hydrogens is 232 g/mol. The lowest BCUT2D eigenvalue weighted by Gasteiger charge is -2.23. The highest BCUT2D eigenvalue weighted by Gasteiger charge is 2.17. The van der Waals surface area contributed by atoms with Crippen LogP contribution < -0.4 is 5.73 Å². The summed E-state index contributed by atoms with van der Waals surface area (Å²) in [6.45, 7) is 4.43. The molecular formula is C14H23ClN2. The van der Waals surface area contributed by atoms with Gasteiger partial charge in [0.05, 0.1) is 5.02 Å². The summed E-state index contributed by atoms with van der Waals surface area (Å²) in [5.74, 6) is 0.606. The molecule has 0 amide bonds. The smallest absolute Gasteiger partial charge is 0.0621 e. The maximum Gasteiger partial charge on any atom is 0.0621 e. The molecule has 1 rings (SSSR count). The predicted octanol–water partition coefficient (Wildman–Crippen LogP) is 3.82. The fourth-order valence-electron chi connectivity index (χ4n) is 2.30. The second-order valence-corrected chi connectivity index (χ2v) is 5.08. The Kier molecular flexibility index (Phi) is 6.53. The van der Waals surface area contributed by atoms with Crippen molar-refractivity contribution in [1.29, 1.82) is 0 Å². The van der Waals surface area contributed by atoms with E-state index in [1.807, 2.05) is 6.07 Å². The first-order valence-corrected chi connectivity index (χ1v) is 6.90. The molecule has 0 saturated carbocycles. The molecule has 1 atom stereocenters. The van der Waals surface area contributed by atoms with E-state index >= 15 is 0 Å². The van der Waals surface area contributed by atoms with Gasteiger partial charge >= 0.3 is 0 Å². The van der Waals surface area contributed by atoms with Crippen LogP contribution in [0.15, 0.2) is 18.5 Å². The Morgan fingerprint density at radius 2 is 1.94 bits per heavy atom. The lowest BCUT2D eigenvalue weighted by atomic mass is 9.87. The summed E-state index contributed by atoms with van der Waals surface area (Å²) in [7, 11) is 0. The van der Waals surface area contributed by atoms with Crippen molar-refractivity contribution in [3.05, 3.63) is 29.0 Å². The molecule has 0 aliphatic heterocycles. The summed E-state index contributed by atoms with van der Waals surface area (Å²) < 4.78 is 0. The predicted molar refractivity (Wildman–Crippen MR) is 74.2 cm³/mol. The zero-order chi connectivity index (χ0) is 12.7. The van der Waals surface area contributed by atoms with E-state index in [1.165, 1.54) is 25.7 Å². The molecule has 0 saturated heterocycles. The van der Waals surface area contributed by atoms with Gasteiger partial charge in [0.1, 0.15) is 0 Å². The van der Waals surface area contributed by atoms with Crippen LogP contribution in [0.1, 0.15) is 45.1 Å². The Balaban J connectivity index is 2.62. The van der Waals surface area contributed by atoms with Crippen LogP contribution in [0.25, 0.3) is 0 Å². The summed E-state index contributed by atoms with van der Waals surface area (Å²) in [6.07, 6.45) is 9.13. The lowest BCUT2D eigenvalue weighted by Crippen LogP contribution is -2.32. The second-order valence-electron chi connectivity index (χ2n) is 4.67. The van der Waals surface area contributed by atoms with Crippen LogP contribution in [0, 0.1) is 5.92 Å². The highest BCUT2D eigenvalue weighted by Crippen LogP contribution is 2.22. The molecule has 0 radical (unpaired) electrons. The van der Waals surface area contributed by atoms with Gasteiger partial charge in [-0.3, -0.25) is 4.98 Å². The molecule has 1 heterocycles. The molecule has 1 aromatic rings. The van der Waals surface area contributed by atoms with E-state index in [0.717, 1.165) is 17.0 Å². The molecule has 0 fully saturated rings. The fourth-order valence-corrected chi connectivity index (χ4v) is 2.50. The van der Waals surface area contributed by atoms with E-state index in [1.54, 1.807) is 12.4 Å². The number of pyridine rings is 1. The minimum Gasteiger partial charge on any atom is -0.327 e. The fraction of sp³-hybridized carbons (Fsp3) is 0.643. The van der Waals surface area contributed by atoms with Crippen molar-refractivity contribution in [2.75, 3.05) is 0 Å². The van der Waals surface area contributed by atoms with E-state index < -0.39 is 0 Å². The molecule has 0 bridgehead atoms. The Morgan fingerprint density at radius 1 is 1.29 bits per heavy atom. The van der Waals surface area contributed by atoms with Gasteiger partial charge in [0.25, 0.3) is 0 Å². The zero-order valence-electron chi connectivity index (χ0n) is 10.8. The van der Waals surface area contributed by atoms with Gasteiger partial charge in [-0.2, -0.15) is 0 Å². The molecule has 0 aromatic carbocycles. The largest absolute Gasteiger partial charge is 0.327 e. The van der Waals surface area contributed by atoms with E-state index in [9.17, 15) is 0 Å². The van der Waals surface area contributed by atoms with Crippen molar-refractivity contribution >= 4 is 11.6 Å². The Hall–Kier alpha value is -0.600.